The van der Waals surface area contributed by atoms with Gasteiger partial charge >= 0.3 is 0 Å². The molecule has 3 rings (SSSR count). The van der Waals surface area contributed by atoms with E-state index in [0.29, 0.717) is 12.3 Å². The number of hydrogen-bond acceptors (Lipinski definition) is 4. The number of thiophene rings is 1. The van der Waals surface area contributed by atoms with E-state index in [4.69, 9.17) is 4.42 Å². The highest BCUT2D eigenvalue weighted by atomic mass is 32.1. The molecule has 5 heteroatoms. The molecule has 0 aromatic carbocycles. The third-order valence-electron chi connectivity index (χ3n) is 3.98. The molecule has 2 aromatic heterocycles. The van der Waals surface area contributed by atoms with Crippen LogP contribution in [0.15, 0.2) is 34.3 Å². The summed E-state index contributed by atoms with van der Waals surface area (Å²) >= 11 is 1.75. The number of carbonyl (C=O) groups excluding carboxylic acids is 1. The monoisotopic (exact) mass is 304 g/mol. The zero-order chi connectivity index (χ0) is 14.7. The molecule has 3 heterocycles. The van der Waals surface area contributed by atoms with Gasteiger partial charge < -0.3 is 9.73 Å². The van der Waals surface area contributed by atoms with Crippen LogP contribution in [0.2, 0.25) is 0 Å². The van der Waals surface area contributed by atoms with Gasteiger partial charge in [0.05, 0.1) is 12.3 Å². The highest BCUT2D eigenvalue weighted by molar-refractivity contribution is 7.10. The second-order valence-electron chi connectivity index (χ2n) is 5.42. The number of nitrogens with zero attached hydrogens (tertiary/aromatic N) is 1. The van der Waals surface area contributed by atoms with E-state index in [9.17, 15) is 4.79 Å². The zero-order valence-electron chi connectivity index (χ0n) is 12.2. The lowest BCUT2D eigenvalue weighted by Crippen LogP contribution is -2.36. The number of nitrogens with one attached hydrogen (secondary N) is 1. The van der Waals surface area contributed by atoms with Crippen LogP contribution >= 0.6 is 11.3 Å². The van der Waals surface area contributed by atoms with E-state index >= 15 is 0 Å². The fourth-order valence-corrected chi connectivity index (χ4v) is 3.68. The first-order valence-corrected chi connectivity index (χ1v) is 8.23. The van der Waals surface area contributed by atoms with Crippen LogP contribution in [-0.4, -0.2) is 30.4 Å². The van der Waals surface area contributed by atoms with Crippen molar-refractivity contribution in [2.75, 3.05) is 19.6 Å². The largest absolute Gasteiger partial charge is 0.459 e. The van der Waals surface area contributed by atoms with Crippen molar-refractivity contribution in [2.45, 2.75) is 25.8 Å². The Labute approximate surface area is 128 Å². The third-order valence-corrected chi connectivity index (χ3v) is 4.95. The lowest BCUT2D eigenvalue weighted by molar-refractivity contribution is 0.0910. The Bertz CT molecular complexity index is 585. The molecule has 1 amide bonds. The average molecular weight is 304 g/mol. The SMILES string of the molecule is Cc1ccoc1C(=O)NC[C@H](c1cccs1)N1CCCC1. The van der Waals surface area contributed by atoms with Crippen LogP contribution in [0.4, 0.5) is 0 Å². The fraction of sp³-hybridized carbons (Fsp3) is 0.438. The van der Waals surface area contributed by atoms with Gasteiger partial charge in [0.2, 0.25) is 0 Å². The summed E-state index contributed by atoms with van der Waals surface area (Å²) in [6.07, 6.45) is 4.04. The summed E-state index contributed by atoms with van der Waals surface area (Å²) in [5.74, 6) is 0.291. The molecule has 0 unspecified atom stereocenters. The Morgan fingerprint density at radius 3 is 2.86 bits per heavy atom. The maximum atomic E-state index is 12.2. The number of likely N-dealkylation sites (tertiary alicyclic amines) is 1. The quantitative estimate of drug-likeness (QED) is 0.922. The van der Waals surface area contributed by atoms with Crippen LogP contribution in [0.3, 0.4) is 0 Å². The maximum Gasteiger partial charge on any atom is 0.287 e. The Morgan fingerprint density at radius 2 is 2.24 bits per heavy atom. The van der Waals surface area contributed by atoms with E-state index in [1.165, 1.54) is 17.7 Å². The summed E-state index contributed by atoms with van der Waals surface area (Å²) in [5, 5.41) is 5.12. The fourth-order valence-electron chi connectivity index (χ4n) is 2.82. The van der Waals surface area contributed by atoms with Gasteiger partial charge in [-0.15, -0.1) is 11.3 Å². The van der Waals surface area contributed by atoms with Gasteiger partial charge in [-0.2, -0.15) is 0 Å². The van der Waals surface area contributed by atoms with Gasteiger partial charge in [0.25, 0.3) is 5.91 Å². The highest BCUT2D eigenvalue weighted by Crippen LogP contribution is 2.27. The van der Waals surface area contributed by atoms with Crippen molar-refractivity contribution < 1.29 is 9.21 Å². The molecule has 0 saturated carbocycles. The maximum absolute atomic E-state index is 12.2. The van der Waals surface area contributed by atoms with Crippen LogP contribution in [0.1, 0.15) is 39.9 Å². The van der Waals surface area contributed by atoms with Crippen molar-refractivity contribution in [3.8, 4) is 0 Å². The first-order chi connectivity index (χ1) is 10.3. The number of carbonyl (C=O) groups is 1. The molecule has 2 aromatic rings. The molecule has 1 atom stereocenters. The molecule has 21 heavy (non-hydrogen) atoms. The zero-order valence-corrected chi connectivity index (χ0v) is 13.0. The molecular formula is C16H20N2O2S. The molecule has 0 spiro atoms. The number of furan rings is 1. The van der Waals surface area contributed by atoms with Crippen molar-refractivity contribution in [3.05, 3.63) is 46.0 Å². The summed E-state index contributed by atoms with van der Waals surface area (Å²) in [6, 6.07) is 6.30. The van der Waals surface area contributed by atoms with Gasteiger partial charge in [-0.05, 0) is 50.4 Å². The summed E-state index contributed by atoms with van der Waals surface area (Å²) in [7, 11) is 0. The van der Waals surface area contributed by atoms with E-state index in [-0.39, 0.29) is 11.9 Å². The highest BCUT2D eigenvalue weighted by Gasteiger charge is 2.25. The Kier molecular flexibility index (Phi) is 4.41. The van der Waals surface area contributed by atoms with E-state index < -0.39 is 0 Å². The molecule has 112 valence electrons. The van der Waals surface area contributed by atoms with Gasteiger partial charge in [-0.1, -0.05) is 6.07 Å². The number of amides is 1. The molecule has 4 nitrogen and oxygen atoms in total. The molecule has 1 saturated heterocycles. The third kappa shape index (κ3) is 3.19. The lowest BCUT2D eigenvalue weighted by atomic mass is 10.2. The summed E-state index contributed by atoms with van der Waals surface area (Å²) in [5.41, 5.74) is 0.876. The second-order valence-corrected chi connectivity index (χ2v) is 6.40. The van der Waals surface area contributed by atoms with Crippen molar-refractivity contribution in [1.82, 2.24) is 10.2 Å². The Balaban J connectivity index is 1.67. The van der Waals surface area contributed by atoms with Crippen LogP contribution in [0.5, 0.6) is 0 Å². The van der Waals surface area contributed by atoms with Crippen molar-refractivity contribution in [3.63, 3.8) is 0 Å². The van der Waals surface area contributed by atoms with Crippen LogP contribution in [-0.2, 0) is 0 Å². The topological polar surface area (TPSA) is 45.5 Å². The van der Waals surface area contributed by atoms with Gasteiger partial charge in [0.1, 0.15) is 0 Å². The summed E-state index contributed by atoms with van der Waals surface area (Å²) in [4.78, 5) is 16.0. The number of hydrogen-bond donors (Lipinski definition) is 1. The lowest BCUT2D eigenvalue weighted by Gasteiger charge is -2.26. The van der Waals surface area contributed by atoms with Crippen LogP contribution in [0, 0.1) is 6.92 Å². The Hall–Kier alpha value is -1.59. The van der Waals surface area contributed by atoms with E-state index in [2.05, 4.69) is 27.7 Å². The average Bonchev–Trinajstić information content (AvgIpc) is 3.21. The first-order valence-electron chi connectivity index (χ1n) is 7.35. The summed E-state index contributed by atoms with van der Waals surface area (Å²) in [6.45, 7) is 4.73. The number of aryl methyl sites for hydroxylation is 1. The van der Waals surface area contributed by atoms with Crippen molar-refractivity contribution >= 4 is 17.2 Å². The molecule has 1 aliphatic rings. The minimum absolute atomic E-state index is 0.127. The Morgan fingerprint density at radius 1 is 1.43 bits per heavy atom. The van der Waals surface area contributed by atoms with Gasteiger partial charge in [-0.3, -0.25) is 9.69 Å². The van der Waals surface area contributed by atoms with Crippen molar-refractivity contribution in [2.24, 2.45) is 0 Å². The molecule has 0 bridgehead atoms. The summed E-state index contributed by atoms with van der Waals surface area (Å²) < 4.78 is 5.25. The second kappa shape index (κ2) is 6.45. The number of rotatable bonds is 5. The van der Waals surface area contributed by atoms with E-state index in [1.807, 2.05) is 13.0 Å². The molecule has 1 N–H and O–H groups in total. The minimum Gasteiger partial charge on any atom is -0.459 e. The standard InChI is InChI=1S/C16H20N2O2S/c1-12-6-9-20-15(12)16(19)17-11-13(14-5-4-10-21-14)18-7-2-3-8-18/h4-6,9-10,13H,2-3,7-8,11H2,1H3,(H,17,19)/t13-/m1/s1. The normalized spacial score (nSPS) is 17.0. The van der Waals surface area contributed by atoms with E-state index in [0.717, 1.165) is 18.7 Å². The molecular weight excluding hydrogens is 284 g/mol. The first kappa shape index (κ1) is 14.4. The molecule has 1 fully saturated rings. The van der Waals surface area contributed by atoms with Crippen LogP contribution < -0.4 is 5.32 Å². The molecule has 0 radical (unpaired) electrons. The van der Waals surface area contributed by atoms with Gasteiger partial charge in [0, 0.05) is 17.0 Å². The van der Waals surface area contributed by atoms with Crippen molar-refractivity contribution in [1.29, 1.82) is 0 Å². The predicted molar refractivity (Wildman–Crippen MR) is 83.6 cm³/mol. The van der Waals surface area contributed by atoms with Crippen LogP contribution in [0.25, 0.3) is 0 Å². The smallest absolute Gasteiger partial charge is 0.287 e. The molecule has 0 aliphatic carbocycles. The molecule has 1 aliphatic heterocycles. The van der Waals surface area contributed by atoms with E-state index in [1.54, 1.807) is 17.6 Å². The predicted octanol–water partition coefficient (Wildman–Crippen LogP) is 3.22. The van der Waals surface area contributed by atoms with Gasteiger partial charge in [0.15, 0.2) is 5.76 Å². The minimum atomic E-state index is -0.127. The van der Waals surface area contributed by atoms with Gasteiger partial charge in [-0.25, -0.2) is 0 Å².